The summed E-state index contributed by atoms with van der Waals surface area (Å²) in [4.78, 5) is 15.1. The maximum absolute atomic E-state index is 13.3. The molecule has 0 unspecified atom stereocenters. The first kappa shape index (κ1) is 22.2. The lowest BCUT2D eigenvalue weighted by atomic mass is 9.97. The molecule has 1 amide bonds. The van der Waals surface area contributed by atoms with Crippen molar-refractivity contribution in [2.75, 3.05) is 4.72 Å². The molecule has 0 aliphatic rings. The number of hydrogen-bond acceptors (Lipinski definition) is 8. The second kappa shape index (κ2) is 9.27. The van der Waals surface area contributed by atoms with Gasteiger partial charge in [0.05, 0.1) is 29.0 Å². The third-order valence-corrected chi connectivity index (χ3v) is 6.39. The highest BCUT2D eigenvalue weighted by molar-refractivity contribution is 7.92. The van der Waals surface area contributed by atoms with Crippen molar-refractivity contribution < 1.29 is 27.3 Å². The molecule has 33 heavy (non-hydrogen) atoms. The lowest BCUT2D eigenvalue weighted by Crippen LogP contribution is -2.15. The first-order valence-electron chi connectivity index (χ1n) is 9.82. The second-order valence-electron chi connectivity index (χ2n) is 7.04. The molecule has 0 aliphatic heterocycles. The monoisotopic (exact) mass is 468 g/mol. The molecule has 0 fully saturated rings. The summed E-state index contributed by atoms with van der Waals surface area (Å²) in [6.07, 6.45) is 3.53. The minimum Gasteiger partial charge on any atom is -0.445 e. The molecule has 3 N–H and O–H groups in total. The van der Waals surface area contributed by atoms with Gasteiger partial charge in [0.2, 0.25) is 18.2 Å². The van der Waals surface area contributed by atoms with Gasteiger partial charge in [-0.1, -0.05) is 29.4 Å². The zero-order chi connectivity index (χ0) is 23.4. The third kappa shape index (κ3) is 4.49. The number of carbonyl (C=O) groups is 1. The minimum absolute atomic E-state index is 0.0147. The van der Waals surface area contributed by atoms with Gasteiger partial charge in [0.15, 0.2) is 0 Å². The Bertz CT molecular complexity index is 1380. The van der Waals surface area contributed by atoms with Gasteiger partial charge in [-0.25, -0.2) is 18.1 Å². The van der Waals surface area contributed by atoms with Gasteiger partial charge in [-0.15, -0.1) is 0 Å². The summed E-state index contributed by atoms with van der Waals surface area (Å²) in [6, 6.07) is 11.7. The van der Waals surface area contributed by atoms with Crippen LogP contribution in [0.25, 0.3) is 22.6 Å². The molecule has 170 valence electrons. The Morgan fingerprint density at radius 2 is 1.97 bits per heavy atom. The molecule has 0 aliphatic carbocycles. The zero-order valence-corrected chi connectivity index (χ0v) is 18.3. The van der Waals surface area contributed by atoms with Crippen LogP contribution in [0.3, 0.4) is 0 Å². The van der Waals surface area contributed by atoms with Crippen LogP contribution in [-0.2, 0) is 28.0 Å². The Labute approximate surface area is 189 Å². The summed E-state index contributed by atoms with van der Waals surface area (Å²) >= 11 is 0. The quantitative estimate of drug-likeness (QED) is 0.318. The molecule has 0 saturated carbocycles. The number of oxazole rings is 1. The maximum atomic E-state index is 13.3. The Hall–Kier alpha value is -3.96. The van der Waals surface area contributed by atoms with Crippen LogP contribution in [-0.4, -0.2) is 30.1 Å². The molecule has 0 bridgehead atoms. The molecule has 0 saturated heterocycles. The Morgan fingerprint density at radius 3 is 2.70 bits per heavy atom. The van der Waals surface area contributed by atoms with Gasteiger partial charge in [0.25, 0.3) is 10.0 Å². The smallest absolute Gasteiger partial charge is 0.264 e. The molecule has 4 aromatic rings. The summed E-state index contributed by atoms with van der Waals surface area (Å²) < 4.78 is 39.3. The molecular formula is C22H20N4O6S. The van der Waals surface area contributed by atoms with Crippen molar-refractivity contribution in [1.82, 2.24) is 15.5 Å². The molecule has 0 radical (unpaired) electrons. The number of anilines is 1. The fraction of sp³-hybridized carbons (Fsp3) is 0.136. The standard InChI is InChI=1S/C22H20N4O6S/c1-14-19(12-27)22(32-25-14)26-33(29,30)20-5-3-2-4-18(20)17-7-6-15(21-24-8-9-31-21)10-16(17)11-23-13-28/h2-10,13,26-27H,11-12H2,1H3,(H,23,28). The highest BCUT2D eigenvalue weighted by Gasteiger charge is 2.24. The molecule has 4 rings (SSSR count). The average Bonchev–Trinajstić information content (AvgIpc) is 3.47. The van der Waals surface area contributed by atoms with Gasteiger partial charge in [-0.2, -0.15) is 0 Å². The van der Waals surface area contributed by atoms with E-state index in [2.05, 4.69) is 20.2 Å². The molecule has 2 aromatic heterocycles. The van der Waals surface area contributed by atoms with Crippen LogP contribution < -0.4 is 10.0 Å². The van der Waals surface area contributed by atoms with Crippen molar-refractivity contribution in [2.24, 2.45) is 0 Å². The number of nitrogens with zero attached hydrogens (tertiary/aromatic N) is 2. The van der Waals surface area contributed by atoms with Crippen molar-refractivity contribution >= 4 is 22.3 Å². The van der Waals surface area contributed by atoms with Gasteiger partial charge in [-0.05, 0) is 36.2 Å². The fourth-order valence-electron chi connectivity index (χ4n) is 3.41. The van der Waals surface area contributed by atoms with Crippen LogP contribution in [0.2, 0.25) is 0 Å². The number of carbonyl (C=O) groups excluding carboxylic acids is 1. The predicted octanol–water partition coefficient (Wildman–Crippen LogP) is 2.84. The number of nitrogens with one attached hydrogen (secondary N) is 2. The number of amides is 1. The summed E-state index contributed by atoms with van der Waals surface area (Å²) in [7, 11) is -4.12. The van der Waals surface area contributed by atoms with Crippen LogP contribution in [0, 0.1) is 6.92 Å². The number of aryl methyl sites for hydroxylation is 1. The van der Waals surface area contributed by atoms with Crippen LogP contribution >= 0.6 is 0 Å². The van der Waals surface area contributed by atoms with Crippen LogP contribution in [0.15, 0.2) is 68.8 Å². The second-order valence-corrected chi connectivity index (χ2v) is 8.69. The van der Waals surface area contributed by atoms with Crippen LogP contribution in [0.4, 0.5) is 5.88 Å². The normalized spacial score (nSPS) is 11.3. The lowest BCUT2D eigenvalue weighted by molar-refractivity contribution is -0.109. The number of rotatable bonds is 9. The first-order chi connectivity index (χ1) is 15.9. The summed E-state index contributed by atoms with van der Waals surface area (Å²) in [5.74, 6) is 0.251. The van der Waals surface area contributed by atoms with Crippen molar-refractivity contribution in [3.63, 3.8) is 0 Å². The number of sulfonamides is 1. The molecule has 2 heterocycles. The summed E-state index contributed by atoms with van der Waals surface area (Å²) in [6.45, 7) is 1.33. The van der Waals surface area contributed by atoms with Crippen molar-refractivity contribution in [3.05, 3.63) is 71.7 Å². The van der Waals surface area contributed by atoms with E-state index >= 15 is 0 Å². The van der Waals surface area contributed by atoms with Crippen molar-refractivity contribution in [2.45, 2.75) is 25.0 Å². The summed E-state index contributed by atoms with van der Waals surface area (Å²) in [5.41, 5.74) is 2.97. The average molecular weight is 468 g/mol. The molecule has 0 spiro atoms. The first-order valence-corrected chi connectivity index (χ1v) is 11.3. The minimum atomic E-state index is -4.12. The van der Waals surface area contributed by atoms with E-state index in [1.165, 1.54) is 18.5 Å². The van der Waals surface area contributed by atoms with E-state index in [9.17, 15) is 18.3 Å². The van der Waals surface area contributed by atoms with E-state index < -0.39 is 16.6 Å². The topological polar surface area (TPSA) is 148 Å². The summed E-state index contributed by atoms with van der Waals surface area (Å²) in [5, 5.41) is 15.9. The fourth-order valence-corrected chi connectivity index (χ4v) is 4.65. The number of hydrogen-bond donors (Lipinski definition) is 3. The van der Waals surface area contributed by atoms with Gasteiger partial charge < -0.3 is 19.4 Å². The van der Waals surface area contributed by atoms with Gasteiger partial charge in [-0.3, -0.25) is 4.79 Å². The van der Waals surface area contributed by atoms with Crippen LogP contribution in [0.5, 0.6) is 0 Å². The SMILES string of the molecule is Cc1noc(NS(=O)(=O)c2ccccc2-c2ccc(-c3ncco3)cc2CNC=O)c1CO. The van der Waals surface area contributed by atoms with Crippen molar-refractivity contribution in [1.29, 1.82) is 0 Å². The number of aliphatic hydroxyl groups excluding tert-OH is 1. The molecule has 11 heteroatoms. The largest absolute Gasteiger partial charge is 0.445 e. The van der Waals surface area contributed by atoms with Gasteiger partial charge in [0.1, 0.15) is 6.26 Å². The van der Waals surface area contributed by atoms with E-state index in [4.69, 9.17) is 8.94 Å². The van der Waals surface area contributed by atoms with E-state index in [1.54, 1.807) is 43.3 Å². The number of aliphatic hydroxyl groups is 1. The molecule has 2 aromatic carbocycles. The Balaban J connectivity index is 1.80. The Morgan fingerprint density at radius 1 is 1.15 bits per heavy atom. The van der Waals surface area contributed by atoms with E-state index in [-0.39, 0.29) is 22.9 Å². The van der Waals surface area contributed by atoms with E-state index in [0.717, 1.165) is 0 Å². The predicted molar refractivity (Wildman–Crippen MR) is 118 cm³/mol. The maximum Gasteiger partial charge on any atom is 0.264 e. The van der Waals surface area contributed by atoms with E-state index in [1.807, 2.05) is 0 Å². The zero-order valence-electron chi connectivity index (χ0n) is 17.5. The van der Waals surface area contributed by atoms with Crippen LogP contribution in [0.1, 0.15) is 16.8 Å². The highest BCUT2D eigenvalue weighted by atomic mass is 32.2. The molecular weight excluding hydrogens is 448 g/mol. The third-order valence-electron chi connectivity index (χ3n) is 5.00. The van der Waals surface area contributed by atoms with Gasteiger partial charge >= 0.3 is 0 Å². The highest BCUT2D eigenvalue weighted by Crippen LogP contribution is 2.34. The molecule has 10 nitrogen and oxygen atoms in total. The van der Waals surface area contributed by atoms with E-state index in [0.29, 0.717) is 40.2 Å². The number of aromatic nitrogens is 2. The lowest BCUT2D eigenvalue weighted by Gasteiger charge is -2.15. The molecule has 0 atom stereocenters. The Kier molecular flexibility index (Phi) is 6.24. The number of benzene rings is 2. The van der Waals surface area contributed by atoms with Gasteiger partial charge in [0, 0.05) is 17.7 Å². The van der Waals surface area contributed by atoms with Crippen molar-refractivity contribution in [3.8, 4) is 22.6 Å².